The van der Waals surface area contributed by atoms with Gasteiger partial charge < -0.3 is 10.6 Å². The Morgan fingerprint density at radius 2 is 2.08 bits per heavy atom. The normalized spacial score (nSPS) is 15.3. The van der Waals surface area contributed by atoms with Crippen LogP contribution in [0.5, 0.6) is 0 Å². The summed E-state index contributed by atoms with van der Waals surface area (Å²) >= 11 is 0. The van der Waals surface area contributed by atoms with E-state index in [1.54, 1.807) is 4.90 Å². The molecular formula is C18H19F2N3O. The van der Waals surface area contributed by atoms with E-state index in [0.29, 0.717) is 25.1 Å². The van der Waals surface area contributed by atoms with Crippen LogP contribution in [0.15, 0.2) is 42.5 Å². The molecule has 1 atom stereocenters. The number of nitrogens with one attached hydrogen (secondary N) is 2. The predicted molar refractivity (Wildman–Crippen MR) is 90.2 cm³/mol. The molecule has 1 saturated heterocycles. The van der Waals surface area contributed by atoms with Gasteiger partial charge in [0.1, 0.15) is 11.6 Å². The number of urea groups is 1. The van der Waals surface area contributed by atoms with Gasteiger partial charge in [0, 0.05) is 36.1 Å². The molecule has 3 rings (SSSR count). The zero-order valence-electron chi connectivity index (χ0n) is 13.4. The fourth-order valence-electron chi connectivity index (χ4n) is 2.87. The lowest BCUT2D eigenvalue weighted by Crippen LogP contribution is -2.27. The van der Waals surface area contributed by atoms with E-state index >= 15 is 0 Å². The number of amides is 2. The zero-order chi connectivity index (χ0) is 17.1. The number of nitrogens with zero attached hydrogens (tertiary/aromatic N) is 1. The Labute approximate surface area is 139 Å². The van der Waals surface area contributed by atoms with Gasteiger partial charge in [-0.3, -0.25) is 4.90 Å². The highest BCUT2D eigenvalue weighted by molar-refractivity contribution is 5.94. The van der Waals surface area contributed by atoms with Crippen LogP contribution in [0, 0.1) is 11.6 Å². The van der Waals surface area contributed by atoms with Crippen molar-refractivity contribution < 1.29 is 13.6 Å². The Morgan fingerprint density at radius 1 is 1.25 bits per heavy atom. The molecule has 0 aliphatic carbocycles. The third kappa shape index (κ3) is 3.32. The van der Waals surface area contributed by atoms with Gasteiger partial charge in [-0.25, -0.2) is 13.6 Å². The molecule has 2 aromatic rings. The second-order valence-electron chi connectivity index (χ2n) is 5.70. The van der Waals surface area contributed by atoms with Gasteiger partial charge in [-0.2, -0.15) is 0 Å². The number of anilines is 2. The number of hydrogen-bond donors (Lipinski definition) is 2. The van der Waals surface area contributed by atoms with Crippen molar-refractivity contribution in [2.75, 3.05) is 23.3 Å². The lowest BCUT2D eigenvalue weighted by molar-refractivity contribution is 0.252. The van der Waals surface area contributed by atoms with E-state index in [-0.39, 0.29) is 12.1 Å². The molecule has 1 heterocycles. The van der Waals surface area contributed by atoms with Crippen molar-refractivity contribution in [3.63, 3.8) is 0 Å². The lowest BCUT2D eigenvalue weighted by atomic mass is 10.0. The molecule has 0 spiro atoms. The summed E-state index contributed by atoms with van der Waals surface area (Å²) in [5.41, 5.74) is 1.98. The highest BCUT2D eigenvalue weighted by Gasteiger charge is 2.21. The van der Waals surface area contributed by atoms with Gasteiger partial charge in [0.15, 0.2) is 0 Å². The van der Waals surface area contributed by atoms with E-state index in [9.17, 15) is 13.6 Å². The smallest absolute Gasteiger partial charge is 0.321 e. The summed E-state index contributed by atoms with van der Waals surface area (Å²) in [5, 5.41) is 6.02. The van der Waals surface area contributed by atoms with E-state index in [1.165, 1.54) is 12.1 Å². The minimum Gasteiger partial charge on any atom is -0.378 e. The van der Waals surface area contributed by atoms with Crippen LogP contribution in [-0.2, 0) is 0 Å². The average molecular weight is 331 g/mol. The fourth-order valence-corrected chi connectivity index (χ4v) is 2.87. The first-order valence-corrected chi connectivity index (χ1v) is 7.95. The Balaban J connectivity index is 1.82. The monoisotopic (exact) mass is 331 g/mol. The fraction of sp³-hybridized carbons (Fsp3) is 0.278. The first-order chi connectivity index (χ1) is 11.6. The molecule has 1 unspecified atom stereocenters. The van der Waals surface area contributed by atoms with Crippen LogP contribution in [0.4, 0.5) is 25.0 Å². The Bertz CT molecular complexity index is 751. The van der Waals surface area contributed by atoms with Crippen LogP contribution in [0.25, 0.3) is 0 Å². The topological polar surface area (TPSA) is 44.4 Å². The van der Waals surface area contributed by atoms with Crippen LogP contribution in [0.1, 0.15) is 24.9 Å². The van der Waals surface area contributed by atoms with Gasteiger partial charge >= 0.3 is 6.03 Å². The highest BCUT2D eigenvalue weighted by atomic mass is 19.1. The molecule has 126 valence electrons. The molecule has 2 N–H and O–H groups in total. The van der Waals surface area contributed by atoms with Crippen LogP contribution in [-0.4, -0.2) is 19.1 Å². The SMILES string of the molecule is CCC(Nc1cccc(N2CCNC2=O)c1)c1ccc(F)cc1F. The second-order valence-corrected chi connectivity index (χ2v) is 5.70. The van der Waals surface area contributed by atoms with E-state index in [2.05, 4.69) is 10.6 Å². The highest BCUT2D eigenvalue weighted by Crippen LogP contribution is 2.28. The third-order valence-corrected chi connectivity index (χ3v) is 4.10. The Kier molecular flexibility index (Phi) is 4.64. The molecule has 1 fully saturated rings. The summed E-state index contributed by atoms with van der Waals surface area (Å²) in [7, 11) is 0. The van der Waals surface area contributed by atoms with E-state index in [0.717, 1.165) is 17.4 Å². The molecule has 4 nitrogen and oxygen atoms in total. The summed E-state index contributed by atoms with van der Waals surface area (Å²) in [6.07, 6.45) is 0.636. The van der Waals surface area contributed by atoms with Crippen molar-refractivity contribution in [3.05, 3.63) is 59.7 Å². The van der Waals surface area contributed by atoms with Gasteiger partial charge in [0.05, 0.1) is 6.04 Å². The van der Waals surface area contributed by atoms with Crippen LogP contribution in [0.3, 0.4) is 0 Å². The predicted octanol–water partition coefficient (Wildman–Crippen LogP) is 4.06. The number of halogens is 2. The van der Waals surface area contributed by atoms with Crippen molar-refractivity contribution in [1.29, 1.82) is 0 Å². The average Bonchev–Trinajstić information content (AvgIpc) is 2.99. The molecule has 6 heteroatoms. The number of carbonyl (C=O) groups is 1. The number of rotatable bonds is 5. The second kappa shape index (κ2) is 6.86. The van der Waals surface area contributed by atoms with Gasteiger partial charge in [-0.15, -0.1) is 0 Å². The summed E-state index contributed by atoms with van der Waals surface area (Å²) in [6.45, 7) is 3.17. The van der Waals surface area contributed by atoms with Crippen molar-refractivity contribution in [3.8, 4) is 0 Å². The zero-order valence-corrected chi connectivity index (χ0v) is 13.4. The summed E-state index contributed by atoms with van der Waals surface area (Å²) in [5.74, 6) is -1.16. The third-order valence-electron chi connectivity index (χ3n) is 4.10. The number of hydrogen-bond acceptors (Lipinski definition) is 2. The summed E-state index contributed by atoms with van der Waals surface area (Å²) in [4.78, 5) is 13.4. The molecule has 24 heavy (non-hydrogen) atoms. The first-order valence-electron chi connectivity index (χ1n) is 7.95. The maximum Gasteiger partial charge on any atom is 0.321 e. The Hall–Kier alpha value is -2.63. The van der Waals surface area contributed by atoms with Crippen molar-refractivity contribution in [2.24, 2.45) is 0 Å². The van der Waals surface area contributed by atoms with Crippen LogP contribution >= 0.6 is 0 Å². The van der Waals surface area contributed by atoms with Gasteiger partial charge in [0.2, 0.25) is 0 Å². The van der Waals surface area contributed by atoms with Gasteiger partial charge in [-0.1, -0.05) is 19.1 Å². The van der Waals surface area contributed by atoms with Crippen LogP contribution in [0.2, 0.25) is 0 Å². The number of benzene rings is 2. The summed E-state index contributed by atoms with van der Waals surface area (Å²) in [6, 6.07) is 10.6. The van der Waals surface area contributed by atoms with Gasteiger partial charge in [-0.05, 0) is 30.7 Å². The molecule has 2 aromatic carbocycles. The van der Waals surface area contributed by atoms with Crippen molar-refractivity contribution in [2.45, 2.75) is 19.4 Å². The van der Waals surface area contributed by atoms with E-state index < -0.39 is 11.6 Å². The maximum atomic E-state index is 14.0. The number of carbonyl (C=O) groups excluding carboxylic acids is 1. The largest absolute Gasteiger partial charge is 0.378 e. The first kappa shape index (κ1) is 16.2. The lowest BCUT2D eigenvalue weighted by Gasteiger charge is -2.21. The van der Waals surface area contributed by atoms with Crippen molar-refractivity contribution in [1.82, 2.24) is 5.32 Å². The molecule has 0 bridgehead atoms. The summed E-state index contributed by atoms with van der Waals surface area (Å²) < 4.78 is 27.1. The van der Waals surface area contributed by atoms with E-state index in [4.69, 9.17) is 0 Å². The molecule has 0 radical (unpaired) electrons. The molecule has 1 aliphatic rings. The molecule has 2 amide bonds. The van der Waals surface area contributed by atoms with Crippen molar-refractivity contribution >= 4 is 17.4 Å². The molecule has 0 aromatic heterocycles. The minimum absolute atomic E-state index is 0.122. The quantitative estimate of drug-likeness (QED) is 0.868. The van der Waals surface area contributed by atoms with Crippen LogP contribution < -0.4 is 15.5 Å². The Morgan fingerprint density at radius 3 is 2.75 bits per heavy atom. The minimum atomic E-state index is -0.590. The standard InChI is InChI=1S/C18H19F2N3O/c1-2-17(15-7-6-12(19)10-16(15)20)22-13-4-3-5-14(11-13)23-9-8-21-18(23)24/h3-7,10-11,17,22H,2,8-9H2,1H3,(H,21,24). The maximum absolute atomic E-state index is 14.0. The molecular weight excluding hydrogens is 312 g/mol. The van der Waals surface area contributed by atoms with Gasteiger partial charge in [0.25, 0.3) is 0 Å². The molecule has 1 aliphatic heterocycles. The molecule has 0 saturated carbocycles. The van der Waals surface area contributed by atoms with E-state index in [1.807, 2.05) is 31.2 Å².